The molecule has 4 aromatic rings. The summed E-state index contributed by atoms with van der Waals surface area (Å²) in [5, 5.41) is 3.59. The smallest absolute Gasteiger partial charge is 0.264 e. The summed E-state index contributed by atoms with van der Waals surface area (Å²) in [4.78, 5) is 21.4. The molecular weight excluding hydrogens is 658 g/mol. The van der Waals surface area contributed by atoms with Crippen LogP contribution in [0, 0.1) is 0 Å². The van der Waals surface area contributed by atoms with Crippen LogP contribution in [0.25, 0.3) is 6.08 Å². The largest absolute Gasteiger partial charge is 0.493 e. The van der Waals surface area contributed by atoms with Crippen molar-refractivity contribution in [1.29, 1.82) is 0 Å². The molecule has 3 heterocycles. The van der Waals surface area contributed by atoms with E-state index in [-0.39, 0.29) is 5.91 Å². The topological polar surface area (TPSA) is 63.2 Å². The summed E-state index contributed by atoms with van der Waals surface area (Å²) >= 11 is 4.97. The molecule has 46 heavy (non-hydrogen) atoms. The van der Waals surface area contributed by atoms with Crippen molar-refractivity contribution in [2.75, 3.05) is 31.7 Å². The van der Waals surface area contributed by atoms with Crippen LogP contribution >= 0.6 is 27.7 Å². The summed E-state index contributed by atoms with van der Waals surface area (Å²) in [7, 11) is 1.62. The molecule has 8 heteroatoms. The third-order valence-electron chi connectivity index (χ3n) is 8.88. The van der Waals surface area contributed by atoms with E-state index >= 15 is 0 Å². The Morgan fingerprint density at radius 3 is 2.17 bits per heavy atom. The highest BCUT2D eigenvalue weighted by Gasteiger charge is 2.35. The Kier molecular flexibility index (Phi) is 8.91. The van der Waals surface area contributed by atoms with Gasteiger partial charge in [0.15, 0.2) is 16.7 Å². The predicted molar refractivity (Wildman–Crippen MR) is 192 cm³/mol. The number of ether oxygens (including phenoxy) is 2. The minimum absolute atomic E-state index is 0.167. The van der Waals surface area contributed by atoms with Gasteiger partial charge in [-0.05, 0) is 105 Å². The van der Waals surface area contributed by atoms with Gasteiger partial charge in [-0.25, -0.2) is 4.99 Å². The van der Waals surface area contributed by atoms with Crippen molar-refractivity contribution >= 4 is 56.2 Å². The number of halogens is 1. The molecular formula is C38H36BrN3O3S. The van der Waals surface area contributed by atoms with Crippen molar-refractivity contribution in [3.63, 3.8) is 0 Å². The maximum Gasteiger partial charge on any atom is 0.264 e. The van der Waals surface area contributed by atoms with Crippen LogP contribution in [0.1, 0.15) is 65.8 Å². The first-order chi connectivity index (χ1) is 22.5. The van der Waals surface area contributed by atoms with E-state index in [2.05, 4.69) is 106 Å². The Morgan fingerprint density at radius 2 is 1.59 bits per heavy atom. The third-order valence-corrected chi connectivity index (χ3v) is 10.4. The lowest BCUT2D eigenvalue weighted by atomic mass is 9.76. The van der Waals surface area contributed by atoms with Gasteiger partial charge in [-0.3, -0.25) is 4.79 Å². The average Bonchev–Trinajstić information content (AvgIpc) is 3.42. The zero-order chi connectivity index (χ0) is 31.6. The van der Waals surface area contributed by atoms with E-state index < -0.39 is 0 Å². The number of aliphatic imine (C=N–C) groups is 1. The first-order valence-corrected chi connectivity index (χ1v) is 17.5. The highest BCUT2D eigenvalue weighted by Crippen LogP contribution is 2.50. The Labute approximate surface area is 283 Å². The Bertz CT molecular complexity index is 1750. The van der Waals surface area contributed by atoms with E-state index in [1.165, 1.54) is 39.7 Å². The molecule has 0 bridgehead atoms. The van der Waals surface area contributed by atoms with Gasteiger partial charge in [-0.1, -0.05) is 67.6 Å². The van der Waals surface area contributed by atoms with Crippen molar-refractivity contribution in [1.82, 2.24) is 5.32 Å². The number of nitrogens with one attached hydrogen (secondary N) is 1. The molecule has 3 aliphatic rings. The van der Waals surface area contributed by atoms with Crippen LogP contribution in [-0.4, -0.2) is 37.9 Å². The van der Waals surface area contributed by atoms with Gasteiger partial charge in [0.2, 0.25) is 0 Å². The van der Waals surface area contributed by atoms with E-state index in [1.54, 1.807) is 7.11 Å². The second kappa shape index (κ2) is 13.4. The number of amidine groups is 1. The zero-order valence-electron chi connectivity index (χ0n) is 26.0. The van der Waals surface area contributed by atoms with Crippen LogP contribution in [0.2, 0.25) is 0 Å². The van der Waals surface area contributed by atoms with Gasteiger partial charge >= 0.3 is 0 Å². The maximum atomic E-state index is 13.2. The molecule has 0 saturated carbocycles. The molecule has 2 atom stereocenters. The van der Waals surface area contributed by atoms with Gasteiger partial charge in [-0.15, -0.1) is 0 Å². The van der Waals surface area contributed by atoms with Crippen LogP contribution in [-0.2, 0) is 4.79 Å². The minimum atomic E-state index is -0.167. The van der Waals surface area contributed by atoms with Crippen LogP contribution in [0.3, 0.4) is 0 Å². The zero-order valence-corrected chi connectivity index (χ0v) is 28.4. The molecule has 1 amide bonds. The number of anilines is 1. The summed E-state index contributed by atoms with van der Waals surface area (Å²) in [6, 6.07) is 29.9. The fourth-order valence-electron chi connectivity index (χ4n) is 6.82. The quantitative estimate of drug-likeness (QED) is 0.187. The summed E-state index contributed by atoms with van der Waals surface area (Å²) in [6.07, 6.45) is 4.88. The molecule has 7 rings (SSSR count). The molecule has 0 aromatic heterocycles. The fourth-order valence-corrected chi connectivity index (χ4v) is 8.24. The Morgan fingerprint density at radius 1 is 0.957 bits per heavy atom. The number of rotatable bonds is 8. The van der Waals surface area contributed by atoms with Crippen molar-refractivity contribution in [2.45, 2.75) is 38.0 Å². The second-order valence-corrected chi connectivity index (χ2v) is 13.7. The number of benzene rings is 4. The molecule has 0 unspecified atom stereocenters. The molecule has 0 spiro atoms. The van der Waals surface area contributed by atoms with Gasteiger partial charge in [-0.2, -0.15) is 0 Å². The molecule has 234 valence electrons. The van der Waals surface area contributed by atoms with E-state index in [9.17, 15) is 4.79 Å². The van der Waals surface area contributed by atoms with E-state index in [0.29, 0.717) is 40.0 Å². The highest BCUT2D eigenvalue weighted by molar-refractivity contribution is 9.10. The molecule has 0 radical (unpaired) electrons. The highest BCUT2D eigenvalue weighted by atomic mass is 79.9. The summed E-state index contributed by atoms with van der Waals surface area (Å²) < 4.78 is 12.3. The first-order valence-electron chi connectivity index (χ1n) is 15.8. The number of hydrogen-bond acceptors (Lipinski definition) is 6. The van der Waals surface area contributed by atoms with Gasteiger partial charge in [0.05, 0.1) is 28.8 Å². The maximum absolute atomic E-state index is 13.2. The molecule has 3 aliphatic heterocycles. The van der Waals surface area contributed by atoms with E-state index in [4.69, 9.17) is 14.5 Å². The Hall–Kier alpha value is -4.01. The molecule has 0 aliphatic carbocycles. The predicted octanol–water partition coefficient (Wildman–Crippen LogP) is 9.02. The summed E-state index contributed by atoms with van der Waals surface area (Å²) in [5.74, 6) is 1.69. The SMILES string of the molecule is CCCOc1c(Br)cc(/C=C2\SC(=Nc3cc4c5c(c3)[C@H](c3ccccc3)CCN5CC[C@H]4c3ccccc3)NC2=O)cc1OC. The van der Waals surface area contributed by atoms with Crippen LogP contribution in [0.4, 0.5) is 11.4 Å². The average molecular weight is 695 g/mol. The van der Waals surface area contributed by atoms with Crippen LogP contribution in [0.5, 0.6) is 11.5 Å². The number of carbonyl (C=O) groups is 1. The lowest BCUT2D eigenvalue weighted by molar-refractivity contribution is -0.115. The molecule has 1 N–H and O–H groups in total. The van der Waals surface area contributed by atoms with E-state index in [1.807, 2.05) is 18.2 Å². The van der Waals surface area contributed by atoms with Crippen LogP contribution in [0.15, 0.2) is 99.3 Å². The summed E-state index contributed by atoms with van der Waals surface area (Å²) in [5.41, 5.74) is 8.37. The normalized spacial score (nSPS) is 20.5. The van der Waals surface area contributed by atoms with E-state index in [0.717, 1.165) is 48.1 Å². The Balaban J connectivity index is 1.26. The molecule has 4 aromatic carbocycles. The van der Waals surface area contributed by atoms with Crippen molar-refractivity contribution in [2.24, 2.45) is 4.99 Å². The second-order valence-electron chi connectivity index (χ2n) is 11.8. The van der Waals surface area contributed by atoms with Crippen molar-refractivity contribution in [3.05, 3.63) is 122 Å². The first kappa shape index (κ1) is 30.6. The third kappa shape index (κ3) is 6.08. The summed E-state index contributed by atoms with van der Waals surface area (Å²) in [6.45, 7) is 4.74. The number of amides is 1. The van der Waals surface area contributed by atoms with Gasteiger partial charge < -0.3 is 19.7 Å². The molecule has 1 saturated heterocycles. The lowest BCUT2D eigenvalue weighted by Gasteiger charge is -2.43. The number of carbonyl (C=O) groups excluding carboxylic acids is 1. The number of hydrogen-bond donors (Lipinski definition) is 1. The monoisotopic (exact) mass is 693 g/mol. The number of methoxy groups -OCH3 is 1. The number of nitrogens with zero attached hydrogens (tertiary/aromatic N) is 2. The van der Waals surface area contributed by atoms with Gasteiger partial charge in [0.1, 0.15) is 0 Å². The van der Waals surface area contributed by atoms with Crippen LogP contribution < -0.4 is 19.7 Å². The standard InChI is InChI=1S/C38H36BrN3O3S/c1-3-18-45-36-32(39)19-24(20-33(36)44-2)21-34-37(43)41-38(46-34)40-27-22-30-28(25-10-6-4-7-11-25)14-16-42-17-15-29(31(23-27)35(30)42)26-12-8-5-9-13-26/h4-13,19-23,28-29H,3,14-18H2,1-2H3,(H,40,41,43)/b34-21-/t28-,29-/m0/s1. The van der Waals surface area contributed by atoms with Crippen molar-refractivity contribution in [3.8, 4) is 11.5 Å². The molecule has 6 nitrogen and oxygen atoms in total. The lowest BCUT2D eigenvalue weighted by Crippen LogP contribution is -2.37. The number of thioether (sulfide) groups is 1. The van der Waals surface area contributed by atoms with Crippen molar-refractivity contribution < 1.29 is 14.3 Å². The molecule has 1 fully saturated rings. The van der Waals surface area contributed by atoms with Gasteiger partial charge in [0, 0.05) is 30.6 Å². The minimum Gasteiger partial charge on any atom is -0.493 e. The fraction of sp³-hybridized carbons (Fsp3) is 0.263. The van der Waals surface area contributed by atoms with Gasteiger partial charge in [0.25, 0.3) is 5.91 Å².